The van der Waals surface area contributed by atoms with Gasteiger partial charge in [-0.05, 0) is 36.8 Å². The number of aliphatic hydroxyl groups excluding tert-OH is 1. The van der Waals surface area contributed by atoms with Crippen LogP contribution in [0.15, 0.2) is 49.1 Å². The Kier molecular flexibility index (Phi) is 7.47. The van der Waals surface area contributed by atoms with Crippen molar-refractivity contribution in [2.24, 2.45) is 0 Å². The minimum Gasteiger partial charge on any atom is -0.461 e. The summed E-state index contributed by atoms with van der Waals surface area (Å²) >= 11 is 6.27. The zero-order valence-corrected chi connectivity index (χ0v) is 19.3. The van der Waals surface area contributed by atoms with Crippen molar-refractivity contribution in [2.45, 2.75) is 13.0 Å². The van der Waals surface area contributed by atoms with Crippen molar-refractivity contribution in [1.82, 2.24) is 24.7 Å². The first kappa shape index (κ1) is 24.0. The van der Waals surface area contributed by atoms with Crippen LogP contribution in [0.2, 0.25) is 5.02 Å². The number of amides is 1. The highest BCUT2D eigenvalue weighted by atomic mass is 35.5. The molecular formula is C23H20ClN7O4. The highest BCUT2D eigenvalue weighted by Crippen LogP contribution is 2.28. The molecule has 1 aromatic carbocycles. The minimum atomic E-state index is -1.13. The molecule has 0 aliphatic carbocycles. The molecule has 178 valence electrons. The number of aliphatic hydroxyl groups is 1. The van der Waals surface area contributed by atoms with E-state index in [0.29, 0.717) is 21.6 Å². The smallest absolute Gasteiger partial charge is 0.269 e. The van der Waals surface area contributed by atoms with Gasteiger partial charge in [-0.3, -0.25) is 4.79 Å². The largest absolute Gasteiger partial charge is 0.461 e. The highest BCUT2D eigenvalue weighted by Gasteiger charge is 2.24. The number of hydrogen-bond acceptors (Lipinski definition) is 9. The second-order valence-corrected chi connectivity index (χ2v) is 7.70. The van der Waals surface area contributed by atoms with Crippen LogP contribution in [0.25, 0.3) is 16.7 Å². The lowest BCUT2D eigenvalue weighted by Crippen LogP contribution is -2.37. The van der Waals surface area contributed by atoms with Gasteiger partial charge in [-0.1, -0.05) is 17.7 Å². The predicted octanol–water partition coefficient (Wildman–Crippen LogP) is 2.44. The summed E-state index contributed by atoms with van der Waals surface area (Å²) < 4.78 is 12.9. The van der Waals surface area contributed by atoms with E-state index in [4.69, 9.17) is 31.4 Å². The number of nitrogens with zero attached hydrogens (tertiary/aromatic N) is 6. The van der Waals surface area contributed by atoms with Gasteiger partial charge in [0.1, 0.15) is 23.6 Å². The fourth-order valence-corrected chi connectivity index (χ4v) is 3.38. The third-order valence-corrected chi connectivity index (χ3v) is 5.40. The molecule has 0 fully saturated rings. The van der Waals surface area contributed by atoms with Gasteiger partial charge in [0.15, 0.2) is 5.65 Å². The van der Waals surface area contributed by atoms with Gasteiger partial charge in [0, 0.05) is 11.2 Å². The number of carbonyl (C=O) groups excluding carboxylic acids is 1. The van der Waals surface area contributed by atoms with E-state index < -0.39 is 12.0 Å². The van der Waals surface area contributed by atoms with Crippen LogP contribution in [0.5, 0.6) is 5.88 Å². The first-order chi connectivity index (χ1) is 17.0. The van der Waals surface area contributed by atoms with E-state index in [1.54, 1.807) is 10.7 Å². The summed E-state index contributed by atoms with van der Waals surface area (Å²) in [7, 11) is 0. The quantitative estimate of drug-likeness (QED) is 0.335. The molecule has 0 aliphatic heterocycles. The number of carbonyl (C=O) groups is 1. The van der Waals surface area contributed by atoms with Crippen LogP contribution in [0, 0.1) is 18.3 Å². The Bertz CT molecular complexity index is 1390. The van der Waals surface area contributed by atoms with Gasteiger partial charge in [0.2, 0.25) is 12.0 Å². The van der Waals surface area contributed by atoms with Crippen LogP contribution in [0.1, 0.15) is 11.1 Å². The fraction of sp³-hybridized carbons (Fsp3) is 0.217. The van der Waals surface area contributed by atoms with E-state index in [-0.39, 0.29) is 31.5 Å². The lowest BCUT2D eigenvalue weighted by Gasteiger charge is -2.18. The number of anilines is 1. The Hall–Kier alpha value is -4.11. The van der Waals surface area contributed by atoms with Gasteiger partial charge in [0.25, 0.3) is 5.91 Å². The Morgan fingerprint density at radius 2 is 2.11 bits per heavy atom. The molecule has 0 bridgehead atoms. The Morgan fingerprint density at radius 3 is 2.86 bits per heavy atom. The summed E-state index contributed by atoms with van der Waals surface area (Å²) in [6, 6.07) is 10.5. The highest BCUT2D eigenvalue weighted by molar-refractivity contribution is 6.31. The normalized spacial score (nSPS) is 11.7. The fourth-order valence-electron chi connectivity index (χ4n) is 3.21. The van der Waals surface area contributed by atoms with E-state index >= 15 is 0 Å². The number of benzene rings is 1. The molecule has 0 spiro atoms. The first-order valence-corrected chi connectivity index (χ1v) is 10.9. The Morgan fingerprint density at radius 1 is 1.26 bits per heavy atom. The summed E-state index contributed by atoms with van der Waals surface area (Å²) in [5.41, 5.74) is 2.39. The molecule has 12 heteroatoms. The van der Waals surface area contributed by atoms with E-state index in [0.717, 1.165) is 11.3 Å². The van der Waals surface area contributed by atoms with Crippen LogP contribution in [0.3, 0.4) is 0 Å². The maximum Gasteiger partial charge on any atom is 0.269 e. The van der Waals surface area contributed by atoms with Crippen LogP contribution in [-0.2, 0) is 9.53 Å². The van der Waals surface area contributed by atoms with Crippen molar-refractivity contribution < 1.29 is 19.4 Å². The molecule has 0 saturated carbocycles. The molecule has 3 aromatic heterocycles. The maximum atomic E-state index is 12.9. The molecule has 1 atom stereocenters. The molecule has 1 unspecified atom stereocenters. The molecule has 35 heavy (non-hydrogen) atoms. The zero-order valence-electron chi connectivity index (χ0n) is 18.6. The van der Waals surface area contributed by atoms with E-state index in [9.17, 15) is 4.79 Å². The van der Waals surface area contributed by atoms with Gasteiger partial charge in [0.05, 0.1) is 37.3 Å². The van der Waals surface area contributed by atoms with Crippen molar-refractivity contribution in [2.75, 3.05) is 25.1 Å². The molecule has 4 rings (SSSR count). The van der Waals surface area contributed by atoms with Crippen molar-refractivity contribution in [3.63, 3.8) is 0 Å². The van der Waals surface area contributed by atoms with Crippen molar-refractivity contribution in [3.8, 4) is 17.6 Å². The Labute approximate surface area is 204 Å². The van der Waals surface area contributed by atoms with Crippen molar-refractivity contribution >= 4 is 34.4 Å². The lowest BCUT2D eigenvalue weighted by molar-refractivity contribution is -0.125. The number of pyridine rings is 1. The molecule has 3 heterocycles. The van der Waals surface area contributed by atoms with Crippen molar-refractivity contribution in [3.05, 3.63) is 65.2 Å². The molecule has 1 amide bonds. The predicted molar refractivity (Wildman–Crippen MR) is 126 cm³/mol. The number of rotatable bonds is 9. The summed E-state index contributed by atoms with van der Waals surface area (Å²) in [6.07, 6.45) is 3.06. The zero-order chi connectivity index (χ0) is 24.8. The lowest BCUT2D eigenvalue weighted by atomic mass is 10.2. The number of hydrogen-bond donors (Lipinski definition) is 2. The van der Waals surface area contributed by atoms with E-state index in [2.05, 4.69) is 25.4 Å². The van der Waals surface area contributed by atoms with Gasteiger partial charge >= 0.3 is 0 Å². The monoisotopic (exact) mass is 493 g/mol. The van der Waals surface area contributed by atoms with Crippen LogP contribution in [-0.4, -0.2) is 61.7 Å². The van der Waals surface area contributed by atoms with Crippen LogP contribution < -0.4 is 10.1 Å². The van der Waals surface area contributed by atoms with Gasteiger partial charge < -0.3 is 19.9 Å². The average Bonchev–Trinajstić information content (AvgIpc) is 3.30. The standard InChI is InChI=1S/C23H20ClN7O4/c1-14-17(24)3-2-4-18(14)31-21-16(11-29-31)23(28-13-27-21)35-19(12-34-8-7-32)22(33)30-20-6-5-15(9-25)10-26-20/h2-6,10-11,13,19,32H,7-8,12H2,1H3,(H,26,30,33). The number of ether oxygens (including phenoxy) is 2. The maximum absolute atomic E-state index is 12.9. The molecule has 0 saturated heterocycles. The summed E-state index contributed by atoms with van der Waals surface area (Å²) in [4.78, 5) is 25.5. The first-order valence-electron chi connectivity index (χ1n) is 10.5. The Balaban J connectivity index is 1.62. The van der Waals surface area contributed by atoms with E-state index in [1.807, 2.05) is 25.1 Å². The molecular weight excluding hydrogens is 474 g/mol. The number of nitrogens with one attached hydrogen (secondary N) is 1. The van der Waals surface area contributed by atoms with Crippen LogP contribution >= 0.6 is 11.6 Å². The number of aromatic nitrogens is 5. The van der Waals surface area contributed by atoms with Gasteiger partial charge in [-0.25, -0.2) is 19.6 Å². The molecule has 11 nitrogen and oxygen atoms in total. The molecule has 0 aliphatic rings. The summed E-state index contributed by atoms with van der Waals surface area (Å²) in [6.45, 7) is 1.53. The summed E-state index contributed by atoms with van der Waals surface area (Å²) in [5, 5.41) is 26.1. The minimum absolute atomic E-state index is 0.0212. The SMILES string of the molecule is Cc1c(Cl)cccc1-n1ncc2c(OC(COCCO)C(=O)Nc3ccc(C#N)cn3)ncnc21. The van der Waals surface area contributed by atoms with Gasteiger partial charge in [-0.15, -0.1) is 0 Å². The molecule has 4 aromatic rings. The van der Waals surface area contributed by atoms with E-state index in [1.165, 1.54) is 30.9 Å². The number of fused-ring (bicyclic) bond motifs is 1. The average molecular weight is 494 g/mol. The number of halogens is 1. The topological polar surface area (TPSA) is 148 Å². The second kappa shape index (κ2) is 10.9. The third kappa shape index (κ3) is 5.36. The third-order valence-electron chi connectivity index (χ3n) is 4.99. The molecule has 0 radical (unpaired) electrons. The summed E-state index contributed by atoms with van der Waals surface area (Å²) in [5.74, 6) is -0.187. The number of nitriles is 1. The van der Waals surface area contributed by atoms with Crippen molar-refractivity contribution in [1.29, 1.82) is 5.26 Å². The van der Waals surface area contributed by atoms with Gasteiger partial charge in [-0.2, -0.15) is 10.4 Å². The second-order valence-electron chi connectivity index (χ2n) is 7.29. The molecule has 2 N–H and O–H groups in total. The van der Waals surface area contributed by atoms with Crippen LogP contribution in [0.4, 0.5) is 5.82 Å².